The van der Waals surface area contributed by atoms with Gasteiger partial charge in [0.2, 0.25) is 0 Å². The van der Waals surface area contributed by atoms with Gasteiger partial charge < -0.3 is 20.1 Å². The number of likely N-dealkylation sites (tertiary alicyclic amines) is 1. The van der Waals surface area contributed by atoms with Crippen LogP contribution in [0.4, 0.5) is 4.79 Å². The molecule has 0 bridgehead atoms. The van der Waals surface area contributed by atoms with Crippen LogP contribution < -0.4 is 5.32 Å². The lowest BCUT2D eigenvalue weighted by molar-refractivity contribution is -0.137. The molecule has 1 aliphatic rings. The summed E-state index contributed by atoms with van der Waals surface area (Å²) in [7, 11) is 1.62. The summed E-state index contributed by atoms with van der Waals surface area (Å²) in [5, 5.41) is 11.9. The molecule has 0 spiro atoms. The number of ether oxygens (including phenoxy) is 1. The topological polar surface area (TPSA) is 78.9 Å². The molecule has 1 aromatic carbocycles. The maximum atomic E-state index is 12.4. The maximum absolute atomic E-state index is 12.4. The Balaban J connectivity index is 1.93. The third kappa shape index (κ3) is 5.25. The molecule has 2 unspecified atom stereocenters. The smallest absolute Gasteiger partial charge is 0.317 e. The molecule has 1 aromatic rings. The Bertz CT molecular complexity index is 521. The number of hydrogen-bond acceptors (Lipinski definition) is 3. The van der Waals surface area contributed by atoms with Gasteiger partial charge in [0.1, 0.15) is 0 Å². The van der Waals surface area contributed by atoms with E-state index in [1.165, 1.54) is 0 Å². The zero-order valence-electron chi connectivity index (χ0n) is 13.4. The lowest BCUT2D eigenvalue weighted by Crippen LogP contribution is -2.58. The number of nitrogens with zero attached hydrogens (tertiary/aromatic N) is 1. The number of benzene rings is 1. The highest BCUT2D eigenvalue weighted by atomic mass is 16.5. The Morgan fingerprint density at radius 1 is 1.39 bits per heavy atom. The van der Waals surface area contributed by atoms with E-state index in [0.29, 0.717) is 19.4 Å². The third-order valence-corrected chi connectivity index (χ3v) is 4.12. The van der Waals surface area contributed by atoms with Crippen LogP contribution >= 0.6 is 0 Å². The van der Waals surface area contributed by atoms with Gasteiger partial charge in [0.25, 0.3) is 0 Å². The molecule has 0 saturated carbocycles. The van der Waals surface area contributed by atoms with Crippen molar-refractivity contribution >= 4 is 12.0 Å². The van der Waals surface area contributed by atoms with Gasteiger partial charge in [-0.05, 0) is 24.8 Å². The molecule has 1 saturated heterocycles. The summed E-state index contributed by atoms with van der Waals surface area (Å²) in [6.07, 6.45) is 2.03. The fourth-order valence-corrected chi connectivity index (χ4v) is 2.75. The number of methoxy groups -OCH3 is 1. The summed E-state index contributed by atoms with van der Waals surface area (Å²) < 4.78 is 5.11. The second-order valence-electron chi connectivity index (χ2n) is 5.86. The molecule has 2 amide bonds. The summed E-state index contributed by atoms with van der Waals surface area (Å²) in [5.41, 5.74) is 1.08. The Kier molecular flexibility index (Phi) is 6.40. The fraction of sp³-hybridized carbons (Fsp3) is 0.529. The molecule has 0 aliphatic carbocycles. The highest BCUT2D eigenvalue weighted by Gasteiger charge is 2.32. The minimum Gasteiger partial charge on any atom is -0.481 e. The Hall–Kier alpha value is -2.08. The molecule has 2 N–H and O–H groups in total. The molecular formula is C17H24N2O4. The van der Waals surface area contributed by atoms with Crippen molar-refractivity contribution in [2.24, 2.45) is 0 Å². The van der Waals surface area contributed by atoms with Crippen molar-refractivity contribution in [1.82, 2.24) is 10.2 Å². The molecule has 0 radical (unpaired) electrons. The number of nitrogens with one attached hydrogen (secondary N) is 1. The van der Waals surface area contributed by atoms with Gasteiger partial charge in [-0.25, -0.2) is 4.79 Å². The first-order chi connectivity index (χ1) is 11.1. The predicted octanol–water partition coefficient (Wildman–Crippen LogP) is 1.89. The summed E-state index contributed by atoms with van der Waals surface area (Å²) in [6, 6.07) is 9.58. The summed E-state index contributed by atoms with van der Waals surface area (Å²) in [5.74, 6) is -0.849. The lowest BCUT2D eigenvalue weighted by atomic mass is 10.0. The minimum atomic E-state index is -0.849. The van der Waals surface area contributed by atoms with Crippen molar-refractivity contribution in [3.63, 3.8) is 0 Å². The number of urea groups is 1. The monoisotopic (exact) mass is 320 g/mol. The summed E-state index contributed by atoms with van der Waals surface area (Å²) in [6.45, 7) is 1.25. The van der Waals surface area contributed by atoms with Crippen LogP contribution in [-0.2, 0) is 16.0 Å². The molecule has 0 aromatic heterocycles. The van der Waals surface area contributed by atoms with E-state index in [1.54, 1.807) is 12.0 Å². The number of rotatable bonds is 8. The van der Waals surface area contributed by atoms with Crippen molar-refractivity contribution in [1.29, 1.82) is 0 Å². The van der Waals surface area contributed by atoms with Crippen LogP contribution in [-0.4, -0.2) is 54.4 Å². The van der Waals surface area contributed by atoms with Crippen LogP contribution in [0, 0.1) is 0 Å². The highest BCUT2D eigenvalue weighted by molar-refractivity contribution is 5.76. The molecule has 1 heterocycles. The Labute approximate surface area is 136 Å². The highest BCUT2D eigenvalue weighted by Crippen LogP contribution is 2.18. The van der Waals surface area contributed by atoms with E-state index < -0.39 is 5.97 Å². The van der Waals surface area contributed by atoms with Crippen molar-refractivity contribution in [3.05, 3.63) is 35.9 Å². The maximum Gasteiger partial charge on any atom is 0.317 e. The normalized spacial score (nSPS) is 18.1. The molecule has 126 valence electrons. The first-order valence-corrected chi connectivity index (χ1v) is 7.92. The average molecular weight is 320 g/mol. The first-order valence-electron chi connectivity index (χ1n) is 7.92. The Morgan fingerprint density at radius 3 is 2.70 bits per heavy atom. The van der Waals surface area contributed by atoms with Gasteiger partial charge in [-0.3, -0.25) is 4.79 Å². The van der Waals surface area contributed by atoms with Gasteiger partial charge in [-0.1, -0.05) is 30.3 Å². The van der Waals surface area contributed by atoms with Gasteiger partial charge in [0.15, 0.2) is 0 Å². The second-order valence-corrected chi connectivity index (χ2v) is 5.86. The Morgan fingerprint density at radius 2 is 2.13 bits per heavy atom. The molecule has 6 nitrogen and oxygen atoms in total. The van der Waals surface area contributed by atoms with Crippen LogP contribution in [0.25, 0.3) is 0 Å². The SMILES string of the molecule is COCC1CCN1C(=O)NC(CCC(=O)O)Cc1ccccc1. The predicted molar refractivity (Wildman–Crippen MR) is 86.3 cm³/mol. The van der Waals surface area contributed by atoms with Gasteiger partial charge >= 0.3 is 12.0 Å². The van der Waals surface area contributed by atoms with Crippen LogP contribution in [0.5, 0.6) is 0 Å². The van der Waals surface area contributed by atoms with Crippen LogP contribution in [0.2, 0.25) is 0 Å². The number of aliphatic carboxylic acids is 1. The number of amides is 2. The zero-order valence-corrected chi connectivity index (χ0v) is 13.4. The molecule has 6 heteroatoms. The van der Waals surface area contributed by atoms with E-state index in [0.717, 1.165) is 18.5 Å². The lowest BCUT2D eigenvalue weighted by Gasteiger charge is -2.41. The minimum absolute atomic E-state index is 0.0410. The van der Waals surface area contributed by atoms with Crippen LogP contribution in [0.1, 0.15) is 24.8 Å². The van der Waals surface area contributed by atoms with E-state index in [2.05, 4.69) is 5.32 Å². The molecule has 1 aliphatic heterocycles. The van der Waals surface area contributed by atoms with Gasteiger partial charge in [-0.2, -0.15) is 0 Å². The quantitative estimate of drug-likeness (QED) is 0.767. The van der Waals surface area contributed by atoms with Crippen molar-refractivity contribution in [3.8, 4) is 0 Å². The van der Waals surface area contributed by atoms with Crippen molar-refractivity contribution in [2.75, 3.05) is 20.3 Å². The van der Waals surface area contributed by atoms with Gasteiger partial charge in [0, 0.05) is 26.1 Å². The molecule has 23 heavy (non-hydrogen) atoms. The van der Waals surface area contributed by atoms with Crippen LogP contribution in [0.15, 0.2) is 30.3 Å². The van der Waals surface area contributed by atoms with E-state index in [4.69, 9.17) is 9.84 Å². The number of hydrogen-bond donors (Lipinski definition) is 2. The average Bonchev–Trinajstić information content (AvgIpc) is 2.50. The number of carboxylic acid groups (broad SMARTS) is 1. The fourth-order valence-electron chi connectivity index (χ4n) is 2.75. The van der Waals surface area contributed by atoms with Gasteiger partial charge in [0.05, 0.1) is 12.6 Å². The van der Waals surface area contributed by atoms with E-state index >= 15 is 0 Å². The second kappa shape index (κ2) is 8.53. The standard InChI is InChI=1S/C17H24N2O4/c1-23-12-15-9-10-19(15)17(22)18-14(7-8-16(20)21)11-13-5-3-2-4-6-13/h2-6,14-15H,7-12H2,1H3,(H,18,22)(H,20,21). The zero-order chi connectivity index (χ0) is 16.7. The van der Waals surface area contributed by atoms with E-state index in [1.807, 2.05) is 30.3 Å². The van der Waals surface area contributed by atoms with Crippen molar-refractivity contribution in [2.45, 2.75) is 37.8 Å². The largest absolute Gasteiger partial charge is 0.481 e. The van der Waals surface area contributed by atoms with E-state index in [9.17, 15) is 9.59 Å². The molecule has 2 atom stereocenters. The number of carboxylic acids is 1. The first kappa shape index (κ1) is 17.3. The van der Waals surface area contributed by atoms with E-state index in [-0.39, 0.29) is 24.5 Å². The van der Waals surface area contributed by atoms with Gasteiger partial charge in [-0.15, -0.1) is 0 Å². The van der Waals surface area contributed by atoms with Crippen LogP contribution in [0.3, 0.4) is 0 Å². The third-order valence-electron chi connectivity index (χ3n) is 4.12. The summed E-state index contributed by atoms with van der Waals surface area (Å²) >= 11 is 0. The number of carbonyl (C=O) groups excluding carboxylic acids is 1. The molecule has 2 rings (SSSR count). The summed E-state index contributed by atoms with van der Waals surface area (Å²) in [4.78, 5) is 25.0. The molecule has 1 fully saturated rings. The number of carbonyl (C=O) groups is 2. The van der Waals surface area contributed by atoms with Crippen molar-refractivity contribution < 1.29 is 19.4 Å². The molecular weight excluding hydrogens is 296 g/mol.